The van der Waals surface area contributed by atoms with Crippen molar-refractivity contribution in [2.24, 2.45) is 0 Å². The molecular weight excluding hydrogens is 238 g/mol. The lowest BCUT2D eigenvalue weighted by Crippen LogP contribution is -2.44. The molecule has 3 heteroatoms. The topological polar surface area (TPSA) is 38.3 Å². The minimum atomic E-state index is -0.185. The highest BCUT2D eigenvalue weighted by molar-refractivity contribution is 5.76. The third kappa shape index (κ3) is 12.2. The van der Waals surface area contributed by atoms with E-state index in [1.54, 1.807) is 0 Å². The molecule has 0 heterocycles. The van der Waals surface area contributed by atoms with Crippen molar-refractivity contribution in [3.8, 4) is 0 Å². The van der Waals surface area contributed by atoms with Crippen LogP contribution in [-0.2, 0) is 9.53 Å². The van der Waals surface area contributed by atoms with Crippen molar-refractivity contribution in [1.82, 2.24) is 5.32 Å². The first kappa shape index (κ1) is 20.7. The van der Waals surface area contributed by atoms with Crippen LogP contribution < -0.4 is 5.32 Å². The van der Waals surface area contributed by atoms with Crippen LogP contribution in [-0.4, -0.2) is 23.7 Å². The van der Waals surface area contributed by atoms with Gasteiger partial charge in [-0.2, -0.15) is 0 Å². The van der Waals surface area contributed by atoms with Gasteiger partial charge in [-0.3, -0.25) is 4.79 Å². The van der Waals surface area contributed by atoms with Crippen molar-refractivity contribution in [2.45, 2.75) is 92.2 Å². The third-order valence-corrected chi connectivity index (χ3v) is 2.87. The van der Waals surface area contributed by atoms with Crippen LogP contribution in [0.15, 0.2) is 0 Å². The number of carbonyl (C=O) groups excluding carboxylic acids is 1. The highest BCUT2D eigenvalue weighted by Crippen LogP contribution is 2.18. The second kappa shape index (κ2) is 10.2. The Bertz CT molecular complexity index is 235. The summed E-state index contributed by atoms with van der Waals surface area (Å²) in [7, 11) is 0. The zero-order valence-electron chi connectivity index (χ0n) is 14.4. The molecular formula is C16H35NO2. The predicted molar refractivity (Wildman–Crippen MR) is 83.4 cm³/mol. The van der Waals surface area contributed by atoms with Gasteiger partial charge in [0.1, 0.15) is 0 Å². The molecule has 0 spiro atoms. The van der Waals surface area contributed by atoms with Gasteiger partial charge >= 0.3 is 0 Å². The normalized spacial score (nSPS) is 11.6. The molecule has 0 fully saturated rings. The van der Waals surface area contributed by atoms with Gasteiger partial charge in [0.25, 0.3) is 0 Å². The Labute approximate surface area is 120 Å². The molecule has 0 saturated carbocycles. The van der Waals surface area contributed by atoms with Gasteiger partial charge in [-0.1, -0.05) is 34.1 Å². The molecule has 0 aliphatic rings. The van der Waals surface area contributed by atoms with E-state index < -0.39 is 0 Å². The Morgan fingerprint density at radius 2 is 1.58 bits per heavy atom. The van der Waals surface area contributed by atoms with Crippen molar-refractivity contribution in [2.75, 3.05) is 6.61 Å². The Hall–Kier alpha value is -0.570. The fraction of sp³-hybridized carbons (Fsp3) is 0.938. The summed E-state index contributed by atoms with van der Waals surface area (Å²) in [5.74, 6) is 0.0998. The van der Waals surface area contributed by atoms with Crippen LogP contribution in [0.3, 0.4) is 0 Å². The van der Waals surface area contributed by atoms with Gasteiger partial charge in [0.05, 0.1) is 5.60 Å². The number of rotatable bonds is 8. The Kier molecular flexibility index (Phi) is 11.2. The summed E-state index contributed by atoms with van der Waals surface area (Å²) in [5, 5.41) is 3.01. The molecule has 3 nitrogen and oxygen atoms in total. The van der Waals surface area contributed by atoms with Crippen molar-refractivity contribution < 1.29 is 9.53 Å². The molecule has 0 aliphatic heterocycles. The van der Waals surface area contributed by atoms with E-state index in [1.165, 1.54) is 0 Å². The van der Waals surface area contributed by atoms with E-state index in [2.05, 4.69) is 26.1 Å². The quantitative estimate of drug-likeness (QED) is 0.716. The highest BCUT2D eigenvalue weighted by Gasteiger charge is 2.22. The predicted octanol–water partition coefficient (Wildman–Crippen LogP) is 4.30. The van der Waals surface area contributed by atoms with Crippen LogP contribution in [0.4, 0.5) is 0 Å². The lowest BCUT2D eigenvalue weighted by atomic mass is 10.00. The van der Waals surface area contributed by atoms with E-state index in [0.29, 0.717) is 13.0 Å². The van der Waals surface area contributed by atoms with Crippen molar-refractivity contribution in [3.05, 3.63) is 0 Å². The molecule has 0 aromatic carbocycles. The van der Waals surface area contributed by atoms with Crippen LogP contribution in [0, 0.1) is 0 Å². The summed E-state index contributed by atoms with van der Waals surface area (Å²) in [6.07, 6.45) is 3.56. The van der Waals surface area contributed by atoms with Gasteiger partial charge < -0.3 is 10.1 Å². The molecule has 0 atom stereocenters. The molecule has 0 rings (SSSR count). The van der Waals surface area contributed by atoms with Crippen LogP contribution in [0.5, 0.6) is 0 Å². The molecule has 0 aromatic rings. The second-order valence-corrected chi connectivity index (χ2v) is 5.89. The summed E-state index contributed by atoms with van der Waals surface area (Å²) in [4.78, 5) is 11.3. The van der Waals surface area contributed by atoms with Crippen LogP contribution >= 0.6 is 0 Å². The van der Waals surface area contributed by atoms with E-state index in [1.807, 2.05) is 34.6 Å². The van der Waals surface area contributed by atoms with Crippen LogP contribution in [0.1, 0.15) is 81.1 Å². The van der Waals surface area contributed by atoms with Crippen molar-refractivity contribution >= 4 is 5.91 Å². The van der Waals surface area contributed by atoms with Crippen LogP contribution in [0.2, 0.25) is 0 Å². The lowest BCUT2D eigenvalue weighted by molar-refractivity contribution is -0.122. The van der Waals surface area contributed by atoms with Gasteiger partial charge in [0.2, 0.25) is 5.91 Å². The second-order valence-electron chi connectivity index (χ2n) is 5.89. The average Bonchev–Trinajstić information content (AvgIpc) is 2.30. The SMILES string of the molecule is CC.CCCC(C)(C)OCCC(C)(C)NC(=O)CC. The summed E-state index contributed by atoms with van der Waals surface area (Å²) in [5.41, 5.74) is -0.241. The molecule has 0 bridgehead atoms. The fourth-order valence-electron chi connectivity index (χ4n) is 1.79. The lowest BCUT2D eigenvalue weighted by Gasteiger charge is -2.30. The Balaban J connectivity index is 0. The standard InChI is InChI=1S/C14H29NO2.C2H6/c1-7-9-14(5,6)17-11-10-13(3,4)15-12(16)8-2;1-2/h7-11H2,1-6H3,(H,15,16);1-2H3. The first-order valence-corrected chi connectivity index (χ1v) is 7.67. The molecule has 0 radical (unpaired) electrons. The molecule has 1 N–H and O–H groups in total. The molecule has 0 saturated heterocycles. The largest absolute Gasteiger partial charge is 0.375 e. The number of carbonyl (C=O) groups is 1. The first-order chi connectivity index (χ1) is 8.72. The van der Waals surface area contributed by atoms with Gasteiger partial charge in [0, 0.05) is 18.6 Å². The van der Waals surface area contributed by atoms with Crippen LogP contribution in [0.25, 0.3) is 0 Å². The summed E-state index contributed by atoms with van der Waals surface area (Å²) < 4.78 is 5.87. The average molecular weight is 273 g/mol. The van der Waals surface area contributed by atoms with E-state index in [9.17, 15) is 4.79 Å². The minimum Gasteiger partial charge on any atom is -0.375 e. The highest BCUT2D eigenvalue weighted by atomic mass is 16.5. The maximum atomic E-state index is 11.3. The first-order valence-electron chi connectivity index (χ1n) is 7.67. The van der Waals surface area contributed by atoms with Gasteiger partial charge in [-0.15, -0.1) is 0 Å². The van der Waals surface area contributed by atoms with E-state index in [0.717, 1.165) is 19.3 Å². The van der Waals surface area contributed by atoms with E-state index in [4.69, 9.17) is 4.74 Å². The molecule has 1 amide bonds. The summed E-state index contributed by atoms with van der Waals surface area (Å²) in [6.45, 7) is 17.0. The third-order valence-electron chi connectivity index (χ3n) is 2.87. The molecule has 0 aromatic heterocycles. The smallest absolute Gasteiger partial charge is 0.220 e. The maximum Gasteiger partial charge on any atom is 0.220 e. The van der Waals surface area contributed by atoms with Crippen molar-refractivity contribution in [1.29, 1.82) is 0 Å². The molecule has 0 aliphatic carbocycles. The maximum absolute atomic E-state index is 11.3. The number of hydrogen-bond donors (Lipinski definition) is 1. The zero-order chi connectivity index (χ0) is 15.5. The number of nitrogens with one attached hydrogen (secondary N) is 1. The molecule has 116 valence electrons. The van der Waals surface area contributed by atoms with Crippen molar-refractivity contribution in [3.63, 3.8) is 0 Å². The number of hydrogen-bond acceptors (Lipinski definition) is 2. The number of ether oxygens (including phenoxy) is 1. The van der Waals surface area contributed by atoms with Gasteiger partial charge in [0.15, 0.2) is 0 Å². The fourth-order valence-corrected chi connectivity index (χ4v) is 1.79. The van der Waals surface area contributed by atoms with E-state index >= 15 is 0 Å². The Morgan fingerprint density at radius 1 is 1.05 bits per heavy atom. The zero-order valence-corrected chi connectivity index (χ0v) is 14.4. The van der Waals surface area contributed by atoms with E-state index in [-0.39, 0.29) is 17.0 Å². The molecule has 19 heavy (non-hydrogen) atoms. The minimum absolute atomic E-state index is 0.0560. The number of amides is 1. The molecule has 0 unspecified atom stereocenters. The Morgan fingerprint density at radius 3 is 2.00 bits per heavy atom. The summed E-state index contributed by atoms with van der Waals surface area (Å²) in [6, 6.07) is 0. The van der Waals surface area contributed by atoms with Gasteiger partial charge in [-0.05, 0) is 40.5 Å². The summed E-state index contributed by atoms with van der Waals surface area (Å²) >= 11 is 0. The monoisotopic (exact) mass is 273 g/mol. The van der Waals surface area contributed by atoms with Gasteiger partial charge in [-0.25, -0.2) is 0 Å².